The van der Waals surface area contributed by atoms with Crippen molar-refractivity contribution < 1.29 is 19.1 Å². The molecule has 0 saturated carbocycles. The zero-order valence-corrected chi connectivity index (χ0v) is 11.1. The highest BCUT2D eigenvalue weighted by Crippen LogP contribution is 2.16. The minimum atomic E-state index is -1.01. The summed E-state index contributed by atoms with van der Waals surface area (Å²) in [7, 11) is 1.43. The third-order valence-corrected chi connectivity index (χ3v) is 2.66. The number of carboxylic acids is 1. The van der Waals surface area contributed by atoms with Crippen LogP contribution in [0.25, 0.3) is 0 Å². The van der Waals surface area contributed by atoms with Crippen molar-refractivity contribution in [1.82, 2.24) is 4.90 Å². The average Bonchev–Trinajstić information content (AvgIpc) is 2.40. The fourth-order valence-corrected chi connectivity index (χ4v) is 1.50. The molecule has 1 atom stereocenters. The van der Waals surface area contributed by atoms with Crippen molar-refractivity contribution in [2.75, 3.05) is 18.9 Å². The zero-order valence-electron chi connectivity index (χ0n) is 11.1. The van der Waals surface area contributed by atoms with Gasteiger partial charge in [0.15, 0.2) is 0 Å². The van der Waals surface area contributed by atoms with E-state index in [1.54, 1.807) is 6.07 Å². The molecule has 0 spiro atoms. The Morgan fingerprint density at radius 2 is 2.20 bits per heavy atom. The van der Waals surface area contributed by atoms with Crippen molar-refractivity contribution in [3.05, 3.63) is 29.6 Å². The van der Waals surface area contributed by atoms with E-state index in [-0.39, 0.29) is 17.8 Å². The number of carbonyl (C=O) groups excluding carboxylic acids is 1. The Morgan fingerprint density at radius 3 is 2.75 bits per heavy atom. The monoisotopic (exact) mass is 279 g/mol. The normalized spacial score (nSPS) is 11.3. The van der Waals surface area contributed by atoms with E-state index in [2.05, 4.69) is 5.32 Å². The lowest BCUT2D eigenvalue weighted by Crippen LogP contribution is -2.36. The lowest BCUT2D eigenvalue weighted by molar-refractivity contribution is -0.141. The summed E-state index contributed by atoms with van der Waals surface area (Å²) >= 11 is 0. The molecule has 6 nitrogen and oxygen atoms in total. The first kappa shape index (κ1) is 15.4. The third-order valence-electron chi connectivity index (χ3n) is 2.66. The van der Waals surface area contributed by atoms with Crippen molar-refractivity contribution in [2.45, 2.75) is 6.92 Å². The van der Waals surface area contributed by atoms with Crippen LogP contribution in [-0.2, 0) is 4.79 Å². The van der Waals surface area contributed by atoms with Crippen molar-refractivity contribution >= 4 is 17.7 Å². The smallest absolute Gasteiger partial charge is 0.321 e. The van der Waals surface area contributed by atoms with Gasteiger partial charge in [0.2, 0.25) is 0 Å². The van der Waals surface area contributed by atoms with Gasteiger partial charge in [-0.15, -0.1) is 0 Å². The molecule has 2 amide bonds. The predicted molar refractivity (Wildman–Crippen MR) is 69.6 cm³/mol. The second-order valence-corrected chi connectivity index (χ2v) is 4.35. The van der Waals surface area contributed by atoms with Crippen LogP contribution in [0.1, 0.15) is 12.5 Å². The Balaban J connectivity index is 2.76. The Labute approximate surface area is 115 Å². The van der Waals surface area contributed by atoms with Gasteiger partial charge in [-0.3, -0.25) is 4.79 Å². The number of hydrogen-bond donors (Lipinski definition) is 2. The van der Waals surface area contributed by atoms with Gasteiger partial charge >= 0.3 is 12.0 Å². The number of hydrogen-bond acceptors (Lipinski definition) is 3. The molecule has 0 fully saturated rings. The molecule has 7 heteroatoms. The van der Waals surface area contributed by atoms with Gasteiger partial charge < -0.3 is 15.3 Å². The Hall–Kier alpha value is -2.62. The summed E-state index contributed by atoms with van der Waals surface area (Å²) in [5.41, 5.74) is 0.173. The SMILES string of the molecule is CC(CN(C)C(=O)Nc1ccc(F)cc1C#N)C(=O)O. The Kier molecular flexibility index (Phi) is 5.03. The number of rotatable bonds is 4. The van der Waals surface area contributed by atoms with Gasteiger partial charge in [-0.05, 0) is 18.2 Å². The number of carboxylic acid groups (broad SMARTS) is 1. The van der Waals surface area contributed by atoms with Gasteiger partial charge in [0.25, 0.3) is 0 Å². The van der Waals surface area contributed by atoms with Crippen molar-refractivity contribution in [3.8, 4) is 6.07 Å². The van der Waals surface area contributed by atoms with Gasteiger partial charge in [-0.25, -0.2) is 9.18 Å². The maximum atomic E-state index is 13.0. The number of urea groups is 1. The quantitative estimate of drug-likeness (QED) is 0.880. The molecular weight excluding hydrogens is 265 g/mol. The Morgan fingerprint density at radius 1 is 1.55 bits per heavy atom. The number of carbonyl (C=O) groups is 2. The van der Waals surface area contributed by atoms with Gasteiger partial charge in [0, 0.05) is 13.6 Å². The highest BCUT2D eigenvalue weighted by atomic mass is 19.1. The molecule has 20 heavy (non-hydrogen) atoms. The minimum absolute atomic E-state index is 0.00182. The lowest BCUT2D eigenvalue weighted by atomic mass is 10.2. The van der Waals surface area contributed by atoms with Crippen LogP contribution in [0.3, 0.4) is 0 Å². The second-order valence-electron chi connectivity index (χ2n) is 4.35. The lowest BCUT2D eigenvalue weighted by Gasteiger charge is -2.20. The predicted octanol–water partition coefficient (Wildman–Crippen LogP) is 1.88. The van der Waals surface area contributed by atoms with Gasteiger partial charge in [0.1, 0.15) is 11.9 Å². The maximum Gasteiger partial charge on any atom is 0.321 e. The van der Waals surface area contributed by atoms with Gasteiger partial charge in [-0.1, -0.05) is 6.92 Å². The first-order valence-electron chi connectivity index (χ1n) is 5.79. The molecule has 0 radical (unpaired) electrons. The number of amides is 2. The van der Waals surface area contributed by atoms with Crippen LogP contribution >= 0.6 is 0 Å². The van der Waals surface area contributed by atoms with E-state index in [1.165, 1.54) is 24.9 Å². The molecule has 0 aliphatic carbocycles. The summed E-state index contributed by atoms with van der Waals surface area (Å²) < 4.78 is 13.0. The number of nitriles is 1. The Bertz CT molecular complexity index is 568. The first-order valence-corrected chi connectivity index (χ1v) is 5.79. The van der Waals surface area contributed by atoms with Gasteiger partial charge in [0.05, 0.1) is 17.2 Å². The van der Waals surface area contributed by atoms with E-state index in [4.69, 9.17) is 10.4 Å². The molecular formula is C13H14FN3O3. The molecule has 1 aromatic carbocycles. The van der Waals surface area contributed by atoms with Crippen molar-refractivity contribution in [3.63, 3.8) is 0 Å². The van der Waals surface area contributed by atoms with E-state index >= 15 is 0 Å². The maximum absolute atomic E-state index is 13.0. The van der Waals surface area contributed by atoms with Crippen LogP contribution in [-0.4, -0.2) is 35.6 Å². The van der Waals surface area contributed by atoms with E-state index < -0.39 is 23.7 Å². The second kappa shape index (κ2) is 6.52. The summed E-state index contributed by atoms with van der Waals surface area (Å²) in [5, 5.41) is 20.1. The molecule has 0 aromatic heterocycles. The van der Waals surface area contributed by atoms with Crippen LogP contribution in [0.5, 0.6) is 0 Å². The minimum Gasteiger partial charge on any atom is -0.481 e. The number of benzene rings is 1. The molecule has 0 heterocycles. The molecule has 2 N–H and O–H groups in total. The largest absolute Gasteiger partial charge is 0.481 e. The fraction of sp³-hybridized carbons (Fsp3) is 0.308. The highest BCUT2D eigenvalue weighted by molar-refractivity contribution is 5.90. The molecule has 0 saturated heterocycles. The summed E-state index contributed by atoms with van der Waals surface area (Å²) in [6, 6.07) is 4.61. The molecule has 0 aliphatic heterocycles. The van der Waals surface area contributed by atoms with E-state index in [0.29, 0.717) is 0 Å². The summed E-state index contributed by atoms with van der Waals surface area (Å²) in [5.74, 6) is -2.30. The number of nitrogens with one attached hydrogen (secondary N) is 1. The average molecular weight is 279 g/mol. The van der Waals surface area contributed by atoms with Crippen molar-refractivity contribution in [2.24, 2.45) is 5.92 Å². The number of aliphatic carboxylic acids is 1. The van der Waals surface area contributed by atoms with Crippen molar-refractivity contribution in [1.29, 1.82) is 5.26 Å². The van der Waals surface area contributed by atoms with E-state index in [1.807, 2.05) is 0 Å². The summed E-state index contributed by atoms with van der Waals surface area (Å²) in [6.07, 6.45) is 0. The number of anilines is 1. The topological polar surface area (TPSA) is 93.4 Å². The molecule has 0 aliphatic rings. The first-order chi connectivity index (χ1) is 9.35. The number of halogens is 1. The molecule has 106 valence electrons. The fourth-order valence-electron chi connectivity index (χ4n) is 1.50. The van der Waals surface area contributed by atoms with Gasteiger partial charge in [-0.2, -0.15) is 5.26 Å². The van der Waals surface area contributed by atoms with Crippen LogP contribution in [0, 0.1) is 23.1 Å². The molecule has 0 bridgehead atoms. The van der Waals surface area contributed by atoms with Crippen LogP contribution < -0.4 is 5.32 Å². The summed E-state index contributed by atoms with van der Waals surface area (Å²) in [4.78, 5) is 23.7. The standard InChI is InChI=1S/C13H14FN3O3/c1-8(12(18)19)7-17(2)13(20)16-11-4-3-10(14)5-9(11)6-15/h3-5,8H,7H2,1-2H3,(H,16,20)(H,18,19). The van der Waals surface area contributed by atoms with Crippen LogP contribution in [0.15, 0.2) is 18.2 Å². The third kappa shape index (κ3) is 3.95. The number of nitrogens with zero attached hydrogens (tertiary/aromatic N) is 2. The van der Waals surface area contributed by atoms with E-state index in [0.717, 1.165) is 12.1 Å². The molecule has 1 rings (SSSR count). The van der Waals surface area contributed by atoms with Crippen LogP contribution in [0.4, 0.5) is 14.9 Å². The summed E-state index contributed by atoms with van der Waals surface area (Å²) in [6.45, 7) is 1.50. The van der Waals surface area contributed by atoms with Crippen LogP contribution in [0.2, 0.25) is 0 Å². The molecule has 1 unspecified atom stereocenters. The van der Waals surface area contributed by atoms with E-state index in [9.17, 15) is 14.0 Å². The highest BCUT2D eigenvalue weighted by Gasteiger charge is 2.18. The molecule has 1 aromatic rings. The zero-order chi connectivity index (χ0) is 15.3.